The number of amides is 1. The first kappa shape index (κ1) is 19.1. The maximum absolute atomic E-state index is 13.4. The van der Waals surface area contributed by atoms with Crippen LogP contribution in [0.2, 0.25) is 0 Å². The molecule has 0 saturated heterocycles. The molecule has 1 atom stereocenters. The fraction of sp³-hybridized carbons (Fsp3) is 0.333. The van der Waals surface area contributed by atoms with E-state index in [0.29, 0.717) is 23.0 Å². The molecule has 0 aliphatic carbocycles. The van der Waals surface area contributed by atoms with Crippen molar-refractivity contribution in [2.45, 2.75) is 38.3 Å². The normalized spacial score (nSPS) is 19.7. The van der Waals surface area contributed by atoms with Gasteiger partial charge in [0, 0.05) is 17.2 Å². The van der Waals surface area contributed by atoms with E-state index in [0.717, 1.165) is 6.42 Å². The van der Waals surface area contributed by atoms with Gasteiger partial charge in [-0.25, -0.2) is 22.6 Å². The number of para-hydroxylation sites is 1. The van der Waals surface area contributed by atoms with Crippen LogP contribution in [0, 0.1) is 0 Å². The molecule has 0 saturated carbocycles. The lowest BCUT2D eigenvalue weighted by Crippen LogP contribution is -2.56. The van der Waals surface area contributed by atoms with Crippen LogP contribution in [0.25, 0.3) is 10.9 Å². The zero-order valence-electron chi connectivity index (χ0n) is 14.3. The van der Waals surface area contributed by atoms with Crippen LogP contribution in [0.15, 0.2) is 42.1 Å². The van der Waals surface area contributed by atoms with Gasteiger partial charge in [-0.2, -0.15) is 0 Å². The minimum atomic E-state index is -3.49. The molecule has 0 bridgehead atoms. The van der Waals surface area contributed by atoms with Crippen LogP contribution in [0.1, 0.15) is 29.4 Å². The molecule has 3 rings (SSSR count). The lowest BCUT2D eigenvalue weighted by Gasteiger charge is -2.32. The summed E-state index contributed by atoms with van der Waals surface area (Å²) in [6.07, 6.45) is -5.10. The van der Waals surface area contributed by atoms with Crippen molar-refractivity contribution in [3.63, 3.8) is 0 Å². The van der Waals surface area contributed by atoms with Crippen molar-refractivity contribution in [1.82, 2.24) is 15.4 Å². The quantitative estimate of drug-likeness (QED) is 0.778. The fourth-order valence-corrected chi connectivity index (χ4v) is 2.94. The second-order valence-corrected chi connectivity index (χ2v) is 6.16. The third kappa shape index (κ3) is 3.34. The highest BCUT2D eigenvalue weighted by Gasteiger charge is 2.51. The summed E-state index contributed by atoms with van der Waals surface area (Å²) in [5, 5.41) is 10.7. The Morgan fingerprint density at radius 1 is 1.30 bits per heavy atom. The number of rotatable bonds is 5. The monoisotopic (exact) mass is 383 g/mol. The number of hydrazine groups is 1. The Morgan fingerprint density at radius 3 is 2.63 bits per heavy atom. The molecule has 1 aliphatic heterocycles. The van der Waals surface area contributed by atoms with Crippen LogP contribution in [0.5, 0.6) is 0 Å². The zero-order valence-corrected chi connectivity index (χ0v) is 14.3. The summed E-state index contributed by atoms with van der Waals surface area (Å²) in [5.41, 5.74) is -1.21. The Bertz CT molecular complexity index is 903. The number of nitrogens with zero attached hydrogens (tertiary/aromatic N) is 2. The van der Waals surface area contributed by atoms with Gasteiger partial charge in [0.2, 0.25) is 5.72 Å². The summed E-state index contributed by atoms with van der Waals surface area (Å²) in [4.78, 5) is 17.4. The zero-order chi connectivity index (χ0) is 19.8. The average molecular weight is 383 g/mol. The Kier molecular flexibility index (Phi) is 5.05. The van der Waals surface area contributed by atoms with Crippen molar-refractivity contribution in [2.24, 2.45) is 0 Å². The van der Waals surface area contributed by atoms with Crippen molar-refractivity contribution in [1.29, 1.82) is 0 Å². The van der Waals surface area contributed by atoms with Crippen LogP contribution in [-0.2, 0) is 6.42 Å². The number of benzene rings is 1. The molecular weight excluding hydrogens is 366 g/mol. The Hall–Kier alpha value is -2.68. The highest BCUT2D eigenvalue weighted by molar-refractivity contribution is 6.06. The molecule has 9 heteroatoms. The molecule has 1 unspecified atom stereocenters. The molecule has 144 valence electrons. The molecule has 0 spiro atoms. The summed E-state index contributed by atoms with van der Waals surface area (Å²) in [7, 11) is 0. The summed E-state index contributed by atoms with van der Waals surface area (Å²) in [6, 6.07) is 8.01. The minimum absolute atomic E-state index is 0.0143. The minimum Gasteiger partial charge on any atom is -0.361 e. The molecule has 1 aliphatic rings. The number of aromatic nitrogens is 1. The van der Waals surface area contributed by atoms with E-state index in [1.54, 1.807) is 24.3 Å². The molecule has 2 aromatic rings. The second-order valence-electron chi connectivity index (χ2n) is 6.16. The maximum atomic E-state index is 13.4. The number of hydrogen-bond acceptors (Lipinski definition) is 4. The SMILES string of the molecule is CCCc1cc(C(=O)N2NC(C(F)F)=CC2(O)C(F)F)c2ccccc2n1. The van der Waals surface area contributed by atoms with Gasteiger partial charge in [0.05, 0.1) is 16.8 Å². The fourth-order valence-electron chi connectivity index (χ4n) is 2.94. The Labute approximate surface area is 152 Å². The number of carbonyl (C=O) groups excluding carboxylic acids is 1. The Balaban J connectivity index is 2.10. The van der Waals surface area contributed by atoms with Gasteiger partial charge >= 0.3 is 0 Å². The standard InChI is InChI=1S/C18H17F4N3O2/c1-2-5-10-8-12(11-6-3-4-7-13(11)23-10)16(26)25-18(27,17(21)22)9-14(24-25)15(19)20/h3-4,6-9,15,17,24,27H,2,5H2,1H3. The second kappa shape index (κ2) is 7.15. The number of aliphatic hydroxyl groups is 1. The lowest BCUT2D eigenvalue weighted by molar-refractivity contribution is -0.146. The van der Waals surface area contributed by atoms with Crippen molar-refractivity contribution in [3.8, 4) is 0 Å². The van der Waals surface area contributed by atoms with E-state index in [1.165, 1.54) is 6.07 Å². The molecule has 27 heavy (non-hydrogen) atoms. The number of pyridine rings is 1. The number of alkyl halides is 4. The number of halogens is 4. The number of allylic oxidation sites excluding steroid dienone is 1. The van der Waals surface area contributed by atoms with Crippen molar-refractivity contribution >= 4 is 16.8 Å². The van der Waals surface area contributed by atoms with Gasteiger partial charge in [-0.15, -0.1) is 0 Å². The van der Waals surface area contributed by atoms with Crippen LogP contribution in [0.3, 0.4) is 0 Å². The van der Waals surface area contributed by atoms with Gasteiger partial charge < -0.3 is 5.11 Å². The van der Waals surface area contributed by atoms with E-state index >= 15 is 0 Å². The molecule has 1 aromatic heterocycles. The topological polar surface area (TPSA) is 65.5 Å². The van der Waals surface area contributed by atoms with Crippen LogP contribution in [0.4, 0.5) is 17.6 Å². The van der Waals surface area contributed by atoms with Gasteiger partial charge in [-0.05, 0) is 18.6 Å². The highest BCUT2D eigenvalue weighted by atomic mass is 19.3. The third-order valence-electron chi connectivity index (χ3n) is 4.23. The van der Waals surface area contributed by atoms with E-state index in [4.69, 9.17) is 0 Å². The van der Waals surface area contributed by atoms with Gasteiger partial charge in [0.1, 0.15) is 0 Å². The summed E-state index contributed by atoms with van der Waals surface area (Å²) < 4.78 is 52.8. The lowest BCUT2D eigenvalue weighted by atomic mass is 10.0. The van der Waals surface area contributed by atoms with Crippen LogP contribution < -0.4 is 5.43 Å². The van der Waals surface area contributed by atoms with Crippen molar-refractivity contribution in [2.75, 3.05) is 0 Å². The van der Waals surface area contributed by atoms with E-state index in [-0.39, 0.29) is 16.6 Å². The Morgan fingerprint density at radius 2 is 2.00 bits per heavy atom. The first-order chi connectivity index (χ1) is 12.8. The average Bonchev–Trinajstić information content (AvgIpc) is 3.00. The number of nitrogens with one attached hydrogen (secondary N) is 1. The first-order valence-corrected chi connectivity index (χ1v) is 8.29. The predicted octanol–water partition coefficient (Wildman–Crippen LogP) is 3.25. The number of hydrogen-bond donors (Lipinski definition) is 2. The van der Waals surface area contributed by atoms with E-state index in [2.05, 4.69) is 4.98 Å². The first-order valence-electron chi connectivity index (χ1n) is 8.29. The van der Waals surface area contributed by atoms with Gasteiger partial charge in [-0.1, -0.05) is 31.5 Å². The molecule has 0 radical (unpaired) electrons. The molecule has 2 N–H and O–H groups in total. The van der Waals surface area contributed by atoms with E-state index < -0.39 is 30.2 Å². The number of aryl methyl sites for hydroxylation is 1. The summed E-state index contributed by atoms with van der Waals surface area (Å²) in [5.74, 6) is -1.05. The van der Waals surface area contributed by atoms with E-state index in [1.807, 2.05) is 12.3 Å². The number of fused-ring (bicyclic) bond motifs is 1. The van der Waals surface area contributed by atoms with Crippen LogP contribution >= 0.6 is 0 Å². The van der Waals surface area contributed by atoms with Crippen molar-refractivity contribution < 1.29 is 27.5 Å². The molecule has 1 aromatic carbocycles. The smallest absolute Gasteiger partial charge is 0.291 e. The van der Waals surface area contributed by atoms with Gasteiger partial charge in [0.15, 0.2) is 0 Å². The molecule has 2 heterocycles. The van der Waals surface area contributed by atoms with Gasteiger partial charge in [-0.3, -0.25) is 15.2 Å². The largest absolute Gasteiger partial charge is 0.361 e. The maximum Gasteiger partial charge on any atom is 0.291 e. The number of carbonyl (C=O) groups is 1. The molecule has 1 amide bonds. The van der Waals surface area contributed by atoms with Crippen LogP contribution in [-0.4, -0.2) is 39.6 Å². The molecular formula is C18H17F4N3O2. The van der Waals surface area contributed by atoms with E-state index in [9.17, 15) is 27.5 Å². The van der Waals surface area contributed by atoms with Crippen molar-refractivity contribution in [3.05, 3.63) is 53.4 Å². The molecule has 5 nitrogen and oxygen atoms in total. The summed E-state index contributed by atoms with van der Waals surface area (Å²) in [6.45, 7) is 1.91. The highest BCUT2D eigenvalue weighted by Crippen LogP contribution is 2.32. The van der Waals surface area contributed by atoms with Gasteiger partial charge in [0.25, 0.3) is 18.8 Å². The summed E-state index contributed by atoms with van der Waals surface area (Å²) >= 11 is 0. The third-order valence-corrected chi connectivity index (χ3v) is 4.23. The molecule has 0 fully saturated rings. The predicted molar refractivity (Wildman–Crippen MR) is 90.1 cm³/mol.